The summed E-state index contributed by atoms with van der Waals surface area (Å²) >= 11 is -1.73. The highest BCUT2D eigenvalue weighted by molar-refractivity contribution is 7.90. The smallest absolute Gasteiger partial charge is 0.408 e. The molecule has 0 aliphatic carbocycles. The number of nitrogens with one attached hydrogen (secondary N) is 1. The first-order valence-corrected chi connectivity index (χ1v) is 5.59. The van der Waals surface area contributed by atoms with Crippen molar-refractivity contribution in [3.8, 4) is 0 Å². The first-order valence-electron chi connectivity index (χ1n) is 4.44. The van der Waals surface area contributed by atoms with Gasteiger partial charge in [-0.15, -0.1) is 11.3 Å². The van der Waals surface area contributed by atoms with Gasteiger partial charge in [0.2, 0.25) is 0 Å². The summed E-state index contributed by atoms with van der Waals surface area (Å²) in [6.45, 7) is 8.07. The minimum absolute atomic E-state index is 0.286. The van der Waals surface area contributed by atoms with Gasteiger partial charge in [0, 0.05) is 11.4 Å². The SMILES string of the molecule is C=CC[C@H](N[S+]([O-])C(C)(C)C)C(F)(F)F. The molecule has 0 aromatic rings. The van der Waals surface area contributed by atoms with Crippen molar-refractivity contribution in [3.63, 3.8) is 0 Å². The average Bonchev–Trinajstić information content (AvgIpc) is 1.99. The zero-order valence-electron chi connectivity index (χ0n) is 9.02. The molecule has 0 spiro atoms. The third kappa shape index (κ3) is 5.44. The fourth-order valence-electron chi connectivity index (χ4n) is 0.721. The minimum atomic E-state index is -4.41. The molecule has 90 valence electrons. The molecule has 0 amide bonds. The Morgan fingerprint density at radius 1 is 1.40 bits per heavy atom. The summed E-state index contributed by atoms with van der Waals surface area (Å²) < 4.78 is 50.1. The maximum atomic E-state index is 12.4. The van der Waals surface area contributed by atoms with Crippen molar-refractivity contribution in [1.29, 1.82) is 0 Å². The van der Waals surface area contributed by atoms with Crippen LogP contribution in [0.1, 0.15) is 27.2 Å². The third-order valence-corrected chi connectivity index (χ3v) is 3.21. The maximum Gasteiger partial charge on any atom is 0.408 e. The first-order chi connectivity index (χ1) is 6.59. The Balaban J connectivity index is 4.49. The normalized spacial score (nSPS) is 17.3. The van der Waals surface area contributed by atoms with Crippen LogP contribution in [0, 0.1) is 0 Å². The second kappa shape index (κ2) is 5.23. The topological polar surface area (TPSA) is 35.1 Å². The molecule has 0 saturated carbocycles. The van der Waals surface area contributed by atoms with Crippen LogP contribution in [0.5, 0.6) is 0 Å². The molecule has 0 saturated heterocycles. The second-order valence-electron chi connectivity index (χ2n) is 4.12. The standard InChI is InChI=1S/C9H16F3NOS/c1-5-6-7(9(10,11)12)13-15(14)8(2,3)4/h5,7,13H,1,6H2,2-4H3/t7-,15?/m0/s1. The minimum Gasteiger partial charge on any atom is -0.598 e. The highest BCUT2D eigenvalue weighted by atomic mass is 32.2. The van der Waals surface area contributed by atoms with Crippen LogP contribution in [0.15, 0.2) is 12.7 Å². The molecule has 1 unspecified atom stereocenters. The van der Waals surface area contributed by atoms with Gasteiger partial charge in [-0.05, 0) is 27.2 Å². The summed E-state index contributed by atoms with van der Waals surface area (Å²) in [6.07, 6.45) is -3.54. The van der Waals surface area contributed by atoms with Gasteiger partial charge < -0.3 is 4.55 Å². The Kier molecular flexibility index (Phi) is 5.16. The zero-order chi connectivity index (χ0) is 12.3. The molecular weight excluding hydrogens is 227 g/mol. The van der Waals surface area contributed by atoms with E-state index in [0.29, 0.717) is 0 Å². The highest BCUT2D eigenvalue weighted by Crippen LogP contribution is 2.25. The second-order valence-corrected chi connectivity index (χ2v) is 6.12. The summed E-state index contributed by atoms with van der Waals surface area (Å²) in [4.78, 5) is 0. The molecule has 0 heterocycles. The number of hydrogen-bond acceptors (Lipinski definition) is 2. The lowest BCUT2D eigenvalue weighted by atomic mass is 10.2. The monoisotopic (exact) mass is 243 g/mol. The van der Waals surface area contributed by atoms with Gasteiger partial charge in [0.15, 0.2) is 6.04 Å². The van der Waals surface area contributed by atoms with E-state index in [1.54, 1.807) is 20.8 Å². The molecule has 15 heavy (non-hydrogen) atoms. The molecule has 0 aromatic carbocycles. The molecule has 2 nitrogen and oxygen atoms in total. The third-order valence-electron chi connectivity index (χ3n) is 1.60. The summed E-state index contributed by atoms with van der Waals surface area (Å²) in [5.41, 5.74) is 0. The molecule has 6 heteroatoms. The zero-order valence-corrected chi connectivity index (χ0v) is 9.84. The van der Waals surface area contributed by atoms with Crippen molar-refractivity contribution in [1.82, 2.24) is 4.72 Å². The van der Waals surface area contributed by atoms with Gasteiger partial charge in [0.05, 0.1) is 0 Å². The fraction of sp³-hybridized carbons (Fsp3) is 0.778. The van der Waals surface area contributed by atoms with E-state index in [9.17, 15) is 17.7 Å². The lowest BCUT2D eigenvalue weighted by Gasteiger charge is -2.28. The van der Waals surface area contributed by atoms with E-state index in [0.717, 1.165) is 6.08 Å². The number of hydrogen-bond donors (Lipinski definition) is 1. The molecular formula is C9H16F3NOS. The van der Waals surface area contributed by atoms with Gasteiger partial charge in [-0.2, -0.15) is 13.2 Å². The molecule has 0 aromatic heterocycles. The lowest BCUT2D eigenvalue weighted by molar-refractivity contribution is -0.150. The van der Waals surface area contributed by atoms with Gasteiger partial charge in [-0.1, -0.05) is 6.08 Å². The molecule has 0 fully saturated rings. The van der Waals surface area contributed by atoms with E-state index >= 15 is 0 Å². The van der Waals surface area contributed by atoms with Crippen molar-refractivity contribution in [3.05, 3.63) is 12.7 Å². The van der Waals surface area contributed by atoms with Gasteiger partial charge >= 0.3 is 6.18 Å². The Labute approximate surface area is 91.2 Å². The van der Waals surface area contributed by atoms with Crippen LogP contribution < -0.4 is 4.72 Å². The Morgan fingerprint density at radius 2 is 1.87 bits per heavy atom. The fourth-order valence-corrected chi connectivity index (χ4v) is 1.56. The first kappa shape index (κ1) is 14.8. The molecule has 0 bridgehead atoms. The summed E-state index contributed by atoms with van der Waals surface area (Å²) in [7, 11) is 0. The van der Waals surface area contributed by atoms with Crippen molar-refractivity contribution in [2.24, 2.45) is 0 Å². The van der Waals surface area contributed by atoms with E-state index in [4.69, 9.17) is 0 Å². The summed E-state index contributed by atoms with van der Waals surface area (Å²) in [5.74, 6) is 0. The predicted octanol–water partition coefficient (Wildman–Crippen LogP) is 2.55. The Bertz CT molecular complexity index is 212. The van der Waals surface area contributed by atoms with Crippen LogP contribution in [0.4, 0.5) is 13.2 Å². The molecule has 0 radical (unpaired) electrons. The lowest BCUT2D eigenvalue weighted by Crippen LogP contribution is -2.50. The molecule has 0 aliphatic rings. The van der Waals surface area contributed by atoms with Crippen LogP contribution in [0.3, 0.4) is 0 Å². The van der Waals surface area contributed by atoms with Crippen LogP contribution in [-0.4, -0.2) is 21.5 Å². The number of rotatable bonds is 4. The van der Waals surface area contributed by atoms with Crippen molar-refractivity contribution in [2.45, 2.75) is 44.2 Å². The summed E-state index contributed by atoms with van der Waals surface area (Å²) in [6, 6.07) is -1.80. The highest BCUT2D eigenvalue weighted by Gasteiger charge is 2.43. The Morgan fingerprint density at radius 3 is 2.13 bits per heavy atom. The van der Waals surface area contributed by atoms with Crippen molar-refractivity contribution >= 4 is 11.4 Å². The van der Waals surface area contributed by atoms with E-state index < -0.39 is 28.3 Å². The molecule has 2 atom stereocenters. The van der Waals surface area contributed by atoms with Crippen LogP contribution >= 0.6 is 0 Å². The van der Waals surface area contributed by atoms with E-state index in [2.05, 4.69) is 11.3 Å². The van der Waals surface area contributed by atoms with Gasteiger partial charge in [0.25, 0.3) is 0 Å². The van der Waals surface area contributed by atoms with Crippen molar-refractivity contribution in [2.75, 3.05) is 0 Å². The van der Waals surface area contributed by atoms with Gasteiger partial charge in [-0.3, -0.25) is 0 Å². The van der Waals surface area contributed by atoms with E-state index in [1.165, 1.54) is 0 Å². The summed E-state index contributed by atoms with van der Waals surface area (Å²) in [5, 5.41) is 0. The Hall–Kier alpha value is -0.200. The van der Waals surface area contributed by atoms with Gasteiger partial charge in [-0.25, -0.2) is 0 Å². The van der Waals surface area contributed by atoms with Gasteiger partial charge in [0.1, 0.15) is 4.75 Å². The van der Waals surface area contributed by atoms with Crippen LogP contribution in [0.2, 0.25) is 0 Å². The average molecular weight is 243 g/mol. The van der Waals surface area contributed by atoms with Crippen molar-refractivity contribution < 1.29 is 17.7 Å². The maximum absolute atomic E-state index is 12.4. The van der Waals surface area contributed by atoms with Crippen LogP contribution in [-0.2, 0) is 11.4 Å². The van der Waals surface area contributed by atoms with Crippen LogP contribution in [0.25, 0.3) is 0 Å². The molecule has 0 aliphatic heterocycles. The quantitative estimate of drug-likeness (QED) is 0.608. The molecule has 0 rings (SSSR count). The largest absolute Gasteiger partial charge is 0.598 e. The van der Waals surface area contributed by atoms with E-state index in [1.807, 2.05) is 0 Å². The predicted molar refractivity (Wildman–Crippen MR) is 55.7 cm³/mol. The number of halogens is 3. The number of alkyl halides is 3. The molecule has 1 N–H and O–H groups in total. The van der Waals surface area contributed by atoms with E-state index in [-0.39, 0.29) is 6.42 Å².